The molecule has 3 N–H and O–H groups in total. The molecule has 0 radical (unpaired) electrons. The van der Waals surface area contributed by atoms with Crippen LogP contribution in [0.2, 0.25) is 0 Å². The summed E-state index contributed by atoms with van der Waals surface area (Å²) < 4.78 is 5.59. The van der Waals surface area contributed by atoms with Gasteiger partial charge in [-0.05, 0) is 55.8 Å². The molecule has 1 aliphatic rings. The average molecular weight is 330 g/mol. The zero-order valence-corrected chi connectivity index (χ0v) is 13.4. The Labute approximate surface area is 140 Å². The zero-order chi connectivity index (χ0) is 16.9. The fourth-order valence-electron chi connectivity index (χ4n) is 2.87. The summed E-state index contributed by atoms with van der Waals surface area (Å²) in [5.41, 5.74) is 0.546. The summed E-state index contributed by atoms with van der Waals surface area (Å²) in [7, 11) is 0. The number of furan rings is 1. The highest BCUT2D eigenvalue weighted by molar-refractivity contribution is 5.91. The largest absolute Gasteiger partial charge is 0.508 e. The number of benzene rings is 1. The minimum absolute atomic E-state index is 0.0461. The highest BCUT2D eigenvalue weighted by Gasteiger charge is 2.17. The van der Waals surface area contributed by atoms with Gasteiger partial charge in [0.15, 0.2) is 5.76 Å². The number of rotatable bonds is 6. The average Bonchev–Trinajstić information content (AvgIpc) is 3.24. The lowest BCUT2D eigenvalue weighted by molar-refractivity contribution is 0.0885. The van der Waals surface area contributed by atoms with Gasteiger partial charge in [0.25, 0.3) is 5.91 Å². The summed E-state index contributed by atoms with van der Waals surface area (Å²) in [6.07, 6.45) is 1.53. The van der Waals surface area contributed by atoms with Crippen LogP contribution in [0.4, 0.5) is 0 Å². The van der Waals surface area contributed by atoms with Crippen LogP contribution in [-0.2, 0) is 6.54 Å². The van der Waals surface area contributed by atoms with E-state index in [-0.39, 0.29) is 24.0 Å². The number of nitrogens with zero attached hydrogens (tertiary/aromatic N) is 1. The third-order valence-corrected chi connectivity index (χ3v) is 4.17. The minimum Gasteiger partial charge on any atom is -0.508 e. The van der Waals surface area contributed by atoms with Crippen molar-refractivity contribution in [3.05, 3.63) is 53.5 Å². The van der Waals surface area contributed by atoms with Crippen LogP contribution in [0.25, 0.3) is 0 Å². The van der Waals surface area contributed by atoms with Crippen molar-refractivity contribution in [1.82, 2.24) is 10.2 Å². The first-order valence-corrected chi connectivity index (χ1v) is 8.18. The molecule has 1 atom stereocenters. The van der Waals surface area contributed by atoms with Crippen LogP contribution >= 0.6 is 0 Å². The smallest absolute Gasteiger partial charge is 0.287 e. The van der Waals surface area contributed by atoms with Gasteiger partial charge in [-0.15, -0.1) is 0 Å². The predicted molar refractivity (Wildman–Crippen MR) is 88.6 cm³/mol. The summed E-state index contributed by atoms with van der Waals surface area (Å²) in [6.45, 7) is 2.90. The second-order valence-corrected chi connectivity index (χ2v) is 6.07. The zero-order valence-electron chi connectivity index (χ0n) is 13.4. The molecule has 3 rings (SSSR count). The van der Waals surface area contributed by atoms with Crippen molar-refractivity contribution in [2.24, 2.45) is 0 Å². The Morgan fingerprint density at radius 1 is 1.25 bits per heavy atom. The van der Waals surface area contributed by atoms with Gasteiger partial charge in [0.2, 0.25) is 0 Å². The van der Waals surface area contributed by atoms with Gasteiger partial charge in [-0.2, -0.15) is 0 Å². The highest BCUT2D eigenvalue weighted by Crippen LogP contribution is 2.18. The van der Waals surface area contributed by atoms with Crippen LogP contribution in [0.5, 0.6) is 5.75 Å². The number of aromatic hydroxyl groups is 1. The maximum Gasteiger partial charge on any atom is 0.287 e. The minimum atomic E-state index is -0.889. The molecule has 128 valence electrons. The highest BCUT2D eigenvalue weighted by atomic mass is 16.4. The summed E-state index contributed by atoms with van der Waals surface area (Å²) in [5, 5.41) is 22.1. The number of carbonyl (C=O) groups excluding carboxylic acids is 1. The molecule has 1 amide bonds. The molecule has 0 aliphatic carbocycles. The second-order valence-electron chi connectivity index (χ2n) is 6.07. The van der Waals surface area contributed by atoms with Gasteiger partial charge in [0, 0.05) is 6.54 Å². The first-order chi connectivity index (χ1) is 11.6. The Hall–Kier alpha value is -2.31. The van der Waals surface area contributed by atoms with E-state index in [0.717, 1.165) is 25.4 Å². The fourth-order valence-corrected chi connectivity index (χ4v) is 2.87. The molecule has 1 unspecified atom stereocenters. The molecule has 0 bridgehead atoms. The Balaban J connectivity index is 1.52. The van der Waals surface area contributed by atoms with Gasteiger partial charge >= 0.3 is 0 Å². The van der Waals surface area contributed by atoms with Crippen molar-refractivity contribution in [2.75, 3.05) is 19.6 Å². The number of carbonyl (C=O) groups is 1. The molecule has 1 aliphatic heterocycles. The van der Waals surface area contributed by atoms with Crippen molar-refractivity contribution in [3.8, 4) is 5.75 Å². The first kappa shape index (κ1) is 16.5. The van der Waals surface area contributed by atoms with Crippen molar-refractivity contribution < 1.29 is 19.4 Å². The summed E-state index contributed by atoms with van der Waals surface area (Å²) in [6, 6.07) is 9.81. The molecule has 0 spiro atoms. The topological polar surface area (TPSA) is 85.9 Å². The lowest BCUT2D eigenvalue weighted by atomic mass is 10.1. The van der Waals surface area contributed by atoms with Crippen molar-refractivity contribution in [3.63, 3.8) is 0 Å². The third-order valence-electron chi connectivity index (χ3n) is 4.17. The van der Waals surface area contributed by atoms with E-state index in [2.05, 4.69) is 10.2 Å². The number of hydrogen-bond donors (Lipinski definition) is 3. The van der Waals surface area contributed by atoms with E-state index in [1.165, 1.54) is 25.0 Å². The lowest BCUT2D eigenvalue weighted by Crippen LogP contribution is -2.28. The quantitative estimate of drug-likeness (QED) is 0.755. The molecule has 0 saturated carbocycles. The molecule has 1 aromatic carbocycles. The maximum absolute atomic E-state index is 12.1. The normalized spacial score (nSPS) is 16.2. The number of amides is 1. The Bertz CT molecular complexity index is 692. The molecule has 1 fully saturated rings. The third kappa shape index (κ3) is 4.15. The molecule has 24 heavy (non-hydrogen) atoms. The van der Waals surface area contributed by atoms with Gasteiger partial charge < -0.3 is 19.9 Å². The van der Waals surface area contributed by atoms with Crippen LogP contribution < -0.4 is 5.32 Å². The predicted octanol–water partition coefficient (Wildman–Crippen LogP) is 2.04. The van der Waals surface area contributed by atoms with E-state index in [4.69, 9.17) is 4.42 Å². The standard InChI is InChI=1S/C18H22N2O4/c21-14-5-3-4-13(10-14)16(22)11-19-18(23)17-7-6-15(24-17)12-20-8-1-2-9-20/h3-7,10,16,21-22H,1-2,8-9,11-12H2,(H,19,23). The number of likely N-dealkylation sites (tertiary alicyclic amines) is 1. The monoisotopic (exact) mass is 330 g/mol. The SMILES string of the molecule is O=C(NCC(O)c1cccc(O)c1)c1ccc(CN2CCCC2)o1. The van der Waals surface area contributed by atoms with Crippen LogP contribution in [0, 0.1) is 0 Å². The van der Waals surface area contributed by atoms with Gasteiger partial charge in [0.1, 0.15) is 11.5 Å². The van der Waals surface area contributed by atoms with Gasteiger partial charge in [-0.25, -0.2) is 0 Å². The van der Waals surface area contributed by atoms with Crippen molar-refractivity contribution in [1.29, 1.82) is 0 Å². The molecule has 2 heterocycles. The number of phenolic OH excluding ortho intramolecular Hbond substituents is 1. The lowest BCUT2D eigenvalue weighted by Gasteiger charge is -2.12. The van der Waals surface area contributed by atoms with Gasteiger partial charge in [0.05, 0.1) is 12.6 Å². The Morgan fingerprint density at radius 2 is 2.04 bits per heavy atom. The Kier molecular flexibility index (Phi) is 5.17. The molecular weight excluding hydrogens is 308 g/mol. The van der Waals surface area contributed by atoms with Crippen LogP contribution in [0.15, 0.2) is 40.8 Å². The summed E-state index contributed by atoms with van der Waals surface area (Å²) in [4.78, 5) is 14.4. The molecule has 6 nitrogen and oxygen atoms in total. The molecule has 6 heteroatoms. The molecular formula is C18H22N2O4. The van der Waals surface area contributed by atoms with E-state index in [1.807, 2.05) is 6.07 Å². The van der Waals surface area contributed by atoms with E-state index in [0.29, 0.717) is 5.56 Å². The van der Waals surface area contributed by atoms with Gasteiger partial charge in [-0.3, -0.25) is 9.69 Å². The van der Waals surface area contributed by atoms with E-state index >= 15 is 0 Å². The van der Waals surface area contributed by atoms with E-state index in [9.17, 15) is 15.0 Å². The number of nitrogens with one attached hydrogen (secondary N) is 1. The fraction of sp³-hybridized carbons (Fsp3) is 0.389. The maximum atomic E-state index is 12.1. The summed E-state index contributed by atoms with van der Waals surface area (Å²) in [5.74, 6) is 0.736. The van der Waals surface area contributed by atoms with E-state index < -0.39 is 6.10 Å². The second kappa shape index (κ2) is 7.51. The number of phenols is 1. The first-order valence-electron chi connectivity index (χ1n) is 8.18. The van der Waals surface area contributed by atoms with Crippen molar-refractivity contribution >= 4 is 5.91 Å². The molecule has 2 aromatic rings. The van der Waals surface area contributed by atoms with Crippen LogP contribution in [0.3, 0.4) is 0 Å². The number of hydrogen-bond acceptors (Lipinski definition) is 5. The number of aliphatic hydroxyl groups excluding tert-OH is 1. The summed E-state index contributed by atoms with van der Waals surface area (Å²) >= 11 is 0. The van der Waals surface area contributed by atoms with Crippen LogP contribution in [0.1, 0.15) is 40.8 Å². The number of aliphatic hydroxyl groups is 1. The van der Waals surface area contributed by atoms with Crippen LogP contribution in [-0.4, -0.2) is 40.7 Å². The Morgan fingerprint density at radius 3 is 2.79 bits per heavy atom. The van der Waals surface area contributed by atoms with Crippen molar-refractivity contribution in [2.45, 2.75) is 25.5 Å². The van der Waals surface area contributed by atoms with Gasteiger partial charge in [-0.1, -0.05) is 12.1 Å². The van der Waals surface area contributed by atoms with E-state index in [1.54, 1.807) is 18.2 Å². The molecule has 1 saturated heterocycles. The molecule has 1 aromatic heterocycles.